The van der Waals surface area contributed by atoms with Crippen molar-refractivity contribution < 1.29 is 14.1 Å². The van der Waals surface area contributed by atoms with E-state index in [1.54, 1.807) is 18.3 Å². The Kier molecular flexibility index (Phi) is 6.48. The summed E-state index contributed by atoms with van der Waals surface area (Å²) in [5, 5.41) is 15.1. The number of aromatic nitrogens is 1. The van der Waals surface area contributed by atoms with Gasteiger partial charge in [-0.05, 0) is 72.9 Å². The van der Waals surface area contributed by atoms with Crippen molar-refractivity contribution >= 4 is 34.4 Å². The molecule has 2 aliphatic rings. The first-order chi connectivity index (χ1) is 18.6. The molecule has 10 heteroatoms. The highest BCUT2D eigenvalue weighted by molar-refractivity contribution is 7.80. The van der Waals surface area contributed by atoms with Gasteiger partial charge in [0.1, 0.15) is 17.6 Å². The quantitative estimate of drug-likeness (QED) is 0.204. The molecule has 9 nitrogen and oxygen atoms in total. The number of non-ortho nitro benzene ring substituents is 1. The van der Waals surface area contributed by atoms with Crippen LogP contribution in [0.3, 0.4) is 0 Å². The van der Waals surface area contributed by atoms with Crippen LogP contribution in [0.2, 0.25) is 0 Å². The second-order valence-corrected chi connectivity index (χ2v) is 9.51. The molecule has 2 atom stereocenters. The predicted octanol–water partition coefficient (Wildman–Crippen LogP) is 5.26. The minimum Gasteiger partial charge on any atom is -0.459 e. The molecule has 192 valence electrons. The Balaban J connectivity index is 1.35. The van der Waals surface area contributed by atoms with Gasteiger partial charge in [0, 0.05) is 48.4 Å². The summed E-state index contributed by atoms with van der Waals surface area (Å²) < 4.78 is 11.8. The summed E-state index contributed by atoms with van der Waals surface area (Å²) in [6, 6.07) is 23.8. The second-order valence-electron chi connectivity index (χ2n) is 9.12. The molecule has 1 N–H and O–H groups in total. The molecule has 2 aromatic carbocycles. The van der Waals surface area contributed by atoms with Crippen LogP contribution in [0.1, 0.15) is 23.5 Å². The highest BCUT2D eigenvalue weighted by Gasteiger charge is 2.42. The first-order valence-electron chi connectivity index (χ1n) is 12.4. The lowest BCUT2D eigenvalue weighted by atomic mass is 10.0. The number of pyridine rings is 1. The number of nitro benzene ring substituents is 1. The molecule has 0 bridgehead atoms. The fraction of sp³-hybridized carbons (Fsp3) is 0.214. The third kappa shape index (κ3) is 4.59. The Morgan fingerprint density at radius 2 is 1.68 bits per heavy atom. The van der Waals surface area contributed by atoms with Gasteiger partial charge in [0.25, 0.3) is 5.69 Å². The SMILES string of the molecule is O=[N+]([O-])c1ccc(-c2ccc([C@@H]3[C@@H](c4ccccn4)NC(=S)N3c3ccc(N4CCOCC4)cc3)o2)cc1. The first kappa shape index (κ1) is 24.1. The summed E-state index contributed by atoms with van der Waals surface area (Å²) in [4.78, 5) is 19.6. The average molecular weight is 528 g/mol. The van der Waals surface area contributed by atoms with Gasteiger partial charge in [-0.1, -0.05) is 6.07 Å². The minimum atomic E-state index is -0.415. The van der Waals surface area contributed by atoms with Gasteiger partial charge in [-0.3, -0.25) is 15.1 Å². The molecule has 2 saturated heterocycles. The van der Waals surface area contributed by atoms with Crippen LogP contribution in [0, 0.1) is 10.1 Å². The molecule has 0 amide bonds. The molecule has 2 fully saturated rings. The van der Waals surface area contributed by atoms with Crippen molar-refractivity contribution in [1.29, 1.82) is 0 Å². The minimum absolute atomic E-state index is 0.0350. The van der Waals surface area contributed by atoms with E-state index in [2.05, 4.69) is 44.4 Å². The molecule has 2 aromatic heterocycles. The number of morpholine rings is 1. The van der Waals surface area contributed by atoms with E-state index in [-0.39, 0.29) is 17.8 Å². The Labute approximate surface area is 224 Å². The summed E-state index contributed by atoms with van der Waals surface area (Å²) in [7, 11) is 0. The zero-order valence-corrected chi connectivity index (χ0v) is 21.2. The number of ether oxygens (including phenoxy) is 1. The van der Waals surface area contributed by atoms with Crippen LogP contribution >= 0.6 is 12.2 Å². The highest BCUT2D eigenvalue weighted by Crippen LogP contribution is 2.43. The lowest BCUT2D eigenvalue weighted by Gasteiger charge is -2.30. The van der Waals surface area contributed by atoms with E-state index < -0.39 is 4.92 Å². The maximum Gasteiger partial charge on any atom is 0.269 e. The maximum atomic E-state index is 11.1. The molecule has 38 heavy (non-hydrogen) atoms. The van der Waals surface area contributed by atoms with Crippen LogP contribution < -0.4 is 15.1 Å². The van der Waals surface area contributed by atoms with Gasteiger partial charge in [0.15, 0.2) is 5.11 Å². The van der Waals surface area contributed by atoms with Crippen LogP contribution in [-0.4, -0.2) is 41.3 Å². The Bertz CT molecular complexity index is 1440. The molecule has 0 saturated carbocycles. The number of benzene rings is 2. The maximum absolute atomic E-state index is 11.1. The standard InChI is InChI=1S/C28H25N5O4S/c34-33(35)22-6-4-19(5-7-22)24-12-13-25(37-24)27-26(23-3-1-2-14-29-23)30-28(38)32(27)21-10-8-20(9-11-21)31-15-17-36-18-16-31/h1-14,26-27H,15-18H2,(H,30,38)/t26-,27-/m1/s1. The van der Waals surface area contributed by atoms with E-state index >= 15 is 0 Å². The van der Waals surface area contributed by atoms with Crippen molar-refractivity contribution in [1.82, 2.24) is 10.3 Å². The molecule has 4 aromatic rings. The summed E-state index contributed by atoms with van der Waals surface area (Å²) >= 11 is 5.83. The number of nitrogens with zero attached hydrogens (tertiary/aromatic N) is 4. The molecular formula is C28H25N5O4S. The molecular weight excluding hydrogens is 502 g/mol. The van der Waals surface area contributed by atoms with Crippen molar-refractivity contribution in [3.8, 4) is 11.3 Å². The van der Waals surface area contributed by atoms with E-state index in [4.69, 9.17) is 21.4 Å². The van der Waals surface area contributed by atoms with E-state index in [0.29, 0.717) is 16.6 Å². The number of nitrogens with one attached hydrogen (secondary N) is 1. The average Bonchev–Trinajstić information content (AvgIpc) is 3.59. The largest absolute Gasteiger partial charge is 0.459 e. The first-order valence-corrected chi connectivity index (χ1v) is 12.8. The van der Waals surface area contributed by atoms with E-state index in [1.165, 1.54) is 12.1 Å². The van der Waals surface area contributed by atoms with Gasteiger partial charge in [-0.25, -0.2) is 0 Å². The second kappa shape index (κ2) is 10.2. The van der Waals surface area contributed by atoms with Crippen molar-refractivity contribution in [2.75, 3.05) is 36.1 Å². The van der Waals surface area contributed by atoms with Gasteiger partial charge in [0.05, 0.1) is 29.9 Å². The van der Waals surface area contributed by atoms with Gasteiger partial charge in [-0.2, -0.15) is 0 Å². The normalized spacial score (nSPS) is 19.4. The van der Waals surface area contributed by atoms with E-state index in [1.807, 2.05) is 30.3 Å². The van der Waals surface area contributed by atoms with Crippen LogP contribution in [-0.2, 0) is 4.74 Å². The summed E-state index contributed by atoms with van der Waals surface area (Å²) in [6.45, 7) is 3.19. The van der Waals surface area contributed by atoms with Gasteiger partial charge < -0.3 is 24.3 Å². The topological polar surface area (TPSA) is 96.9 Å². The van der Waals surface area contributed by atoms with Crippen LogP contribution in [0.15, 0.2) is 89.5 Å². The molecule has 2 aliphatic heterocycles. The van der Waals surface area contributed by atoms with Crippen molar-refractivity contribution in [2.45, 2.75) is 12.1 Å². The molecule has 6 rings (SSSR count). The summed E-state index contributed by atoms with van der Waals surface area (Å²) in [5.74, 6) is 1.33. The fourth-order valence-electron chi connectivity index (χ4n) is 4.98. The number of furan rings is 1. The van der Waals surface area contributed by atoms with Crippen molar-refractivity contribution in [2.24, 2.45) is 0 Å². The zero-order valence-electron chi connectivity index (χ0n) is 20.4. The number of nitro groups is 1. The summed E-state index contributed by atoms with van der Waals surface area (Å²) in [5.41, 5.74) is 3.72. The van der Waals surface area contributed by atoms with E-state index in [9.17, 15) is 10.1 Å². The number of anilines is 2. The molecule has 0 radical (unpaired) electrons. The monoisotopic (exact) mass is 527 g/mol. The fourth-order valence-corrected chi connectivity index (χ4v) is 5.33. The van der Waals surface area contributed by atoms with Crippen LogP contribution in [0.4, 0.5) is 17.1 Å². The Morgan fingerprint density at radius 1 is 0.947 bits per heavy atom. The molecule has 4 heterocycles. The molecule has 0 spiro atoms. The third-order valence-corrected chi connectivity index (χ3v) is 7.20. The van der Waals surface area contributed by atoms with Gasteiger partial charge in [0.2, 0.25) is 0 Å². The van der Waals surface area contributed by atoms with E-state index in [0.717, 1.165) is 48.9 Å². The smallest absolute Gasteiger partial charge is 0.269 e. The number of hydrogen-bond donors (Lipinski definition) is 1. The summed E-state index contributed by atoms with van der Waals surface area (Å²) in [6.07, 6.45) is 1.77. The van der Waals surface area contributed by atoms with Crippen molar-refractivity contribution in [3.63, 3.8) is 0 Å². The number of thiocarbonyl (C=S) groups is 1. The molecule has 0 unspecified atom stereocenters. The number of rotatable bonds is 6. The Hall–Kier alpha value is -4.28. The predicted molar refractivity (Wildman–Crippen MR) is 148 cm³/mol. The van der Waals surface area contributed by atoms with Crippen LogP contribution in [0.25, 0.3) is 11.3 Å². The lowest BCUT2D eigenvalue weighted by Crippen LogP contribution is -2.36. The third-order valence-electron chi connectivity index (χ3n) is 6.88. The number of hydrogen-bond acceptors (Lipinski definition) is 7. The highest BCUT2D eigenvalue weighted by atomic mass is 32.1. The van der Waals surface area contributed by atoms with Gasteiger partial charge >= 0.3 is 0 Å². The zero-order chi connectivity index (χ0) is 26.1. The van der Waals surface area contributed by atoms with Crippen LogP contribution in [0.5, 0.6) is 0 Å². The van der Waals surface area contributed by atoms with Crippen molar-refractivity contribution in [3.05, 3.63) is 107 Å². The molecule has 0 aliphatic carbocycles. The van der Waals surface area contributed by atoms with Gasteiger partial charge in [-0.15, -0.1) is 0 Å². The Morgan fingerprint density at radius 3 is 2.37 bits per heavy atom. The lowest BCUT2D eigenvalue weighted by molar-refractivity contribution is -0.384.